The standard InChI is InChI=1S/C28H30N4O4/c1-28(2,3)36-27(34)30-17-7-8-21(19-30)32-24-15-16-29-18-25(24)31(26(32)33)20-11-13-23(14-12-20)35-22-9-5-4-6-10-22/h4-6,9-16,18,21H,7-8,17,19H2,1-3H3. The molecule has 1 unspecified atom stereocenters. The van der Waals surface area contributed by atoms with Crippen LogP contribution in [0, 0.1) is 0 Å². The van der Waals surface area contributed by atoms with Gasteiger partial charge in [-0.05, 0) is 76.1 Å². The summed E-state index contributed by atoms with van der Waals surface area (Å²) in [5.74, 6) is 1.43. The summed E-state index contributed by atoms with van der Waals surface area (Å²) in [6.45, 7) is 6.60. The minimum absolute atomic E-state index is 0.161. The van der Waals surface area contributed by atoms with Crippen LogP contribution in [0.15, 0.2) is 77.9 Å². The summed E-state index contributed by atoms with van der Waals surface area (Å²) >= 11 is 0. The Hall–Kier alpha value is -4.07. The monoisotopic (exact) mass is 486 g/mol. The highest BCUT2D eigenvalue weighted by Gasteiger charge is 2.31. The van der Waals surface area contributed by atoms with Crippen molar-refractivity contribution in [2.24, 2.45) is 0 Å². The number of likely N-dealkylation sites (tertiary alicyclic amines) is 1. The maximum absolute atomic E-state index is 13.8. The maximum atomic E-state index is 13.8. The van der Waals surface area contributed by atoms with E-state index in [1.165, 1.54) is 0 Å². The van der Waals surface area contributed by atoms with Crippen molar-refractivity contribution >= 4 is 17.1 Å². The van der Waals surface area contributed by atoms with Gasteiger partial charge in [-0.2, -0.15) is 0 Å². The molecular formula is C28H30N4O4. The number of piperidine rings is 1. The highest BCUT2D eigenvalue weighted by Crippen LogP contribution is 2.28. The number of fused-ring (bicyclic) bond motifs is 1. The topological polar surface area (TPSA) is 78.6 Å². The van der Waals surface area contributed by atoms with Crippen molar-refractivity contribution in [1.29, 1.82) is 0 Å². The molecule has 8 nitrogen and oxygen atoms in total. The number of carbonyl (C=O) groups is 1. The highest BCUT2D eigenvalue weighted by molar-refractivity contribution is 5.77. The van der Waals surface area contributed by atoms with Crippen molar-refractivity contribution in [2.45, 2.75) is 45.3 Å². The Morgan fingerprint density at radius 3 is 2.42 bits per heavy atom. The van der Waals surface area contributed by atoms with Gasteiger partial charge in [0.1, 0.15) is 17.1 Å². The number of benzene rings is 2. The lowest BCUT2D eigenvalue weighted by Gasteiger charge is -2.34. The summed E-state index contributed by atoms with van der Waals surface area (Å²) in [5.41, 5.74) is 1.49. The third-order valence-electron chi connectivity index (χ3n) is 6.16. The molecule has 36 heavy (non-hydrogen) atoms. The summed E-state index contributed by atoms with van der Waals surface area (Å²) < 4.78 is 14.9. The molecule has 186 valence electrons. The lowest BCUT2D eigenvalue weighted by atomic mass is 10.1. The van der Waals surface area contributed by atoms with Crippen LogP contribution in [0.2, 0.25) is 0 Å². The Balaban J connectivity index is 1.47. The number of hydrogen-bond acceptors (Lipinski definition) is 5. The van der Waals surface area contributed by atoms with E-state index in [-0.39, 0.29) is 17.8 Å². The molecule has 5 rings (SSSR count). The van der Waals surface area contributed by atoms with E-state index < -0.39 is 5.60 Å². The Labute approximate surface area is 209 Å². The first-order valence-corrected chi connectivity index (χ1v) is 12.2. The zero-order valence-electron chi connectivity index (χ0n) is 20.8. The van der Waals surface area contributed by atoms with E-state index in [1.807, 2.05) is 81.4 Å². The fraction of sp³-hybridized carbons (Fsp3) is 0.321. The molecule has 1 saturated heterocycles. The van der Waals surface area contributed by atoms with Crippen LogP contribution >= 0.6 is 0 Å². The van der Waals surface area contributed by atoms with Crippen LogP contribution in [-0.4, -0.2) is 43.8 Å². The van der Waals surface area contributed by atoms with Crippen LogP contribution in [0.25, 0.3) is 16.7 Å². The highest BCUT2D eigenvalue weighted by atomic mass is 16.6. The number of aromatic nitrogens is 3. The van der Waals surface area contributed by atoms with Gasteiger partial charge in [-0.3, -0.25) is 14.1 Å². The molecule has 8 heteroatoms. The second-order valence-corrected chi connectivity index (χ2v) is 9.98. The van der Waals surface area contributed by atoms with Crippen LogP contribution in [0.4, 0.5) is 4.79 Å². The third-order valence-corrected chi connectivity index (χ3v) is 6.16. The average Bonchev–Trinajstić information content (AvgIpc) is 3.16. The van der Waals surface area contributed by atoms with Crippen molar-refractivity contribution in [3.05, 3.63) is 83.5 Å². The Morgan fingerprint density at radius 2 is 1.69 bits per heavy atom. The first-order chi connectivity index (χ1) is 17.3. The van der Waals surface area contributed by atoms with Gasteiger partial charge in [-0.15, -0.1) is 0 Å². The smallest absolute Gasteiger partial charge is 0.410 e. The van der Waals surface area contributed by atoms with E-state index in [9.17, 15) is 9.59 Å². The first-order valence-electron chi connectivity index (χ1n) is 12.2. The van der Waals surface area contributed by atoms with Crippen LogP contribution < -0.4 is 10.4 Å². The Bertz CT molecular complexity index is 1420. The molecule has 0 saturated carbocycles. The van der Waals surface area contributed by atoms with E-state index in [0.29, 0.717) is 24.4 Å². The van der Waals surface area contributed by atoms with Crippen molar-refractivity contribution in [3.63, 3.8) is 0 Å². The largest absolute Gasteiger partial charge is 0.457 e. The number of pyridine rings is 1. The number of amides is 1. The number of para-hydroxylation sites is 1. The van der Waals surface area contributed by atoms with Gasteiger partial charge in [0.05, 0.1) is 29.0 Å². The number of rotatable bonds is 4. The minimum atomic E-state index is -0.570. The summed E-state index contributed by atoms with van der Waals surface area (Å²) in [7, 11) is 0. The van der Waals surface area contributed by atoms with Crippen LogP contribution in [0.3, 0.4) is 0 Å². The summed E-state index contributed by atoms with van der Waals surface area (Å²) in [4.78, 5) is 32.5. The molecule has 2 aromatic heterocycles. The second kappa shape index (κ2) is 9.53. The lowest BCUT2D eigenvalue weighted by molar-refractivity contribution is 0.0173. The lowest BCUT2D eigenvalue weighted by Crippen LogP contribution is -2.45. The third kappa shape index (κ3) is 4.84. The number of nitrogens with zero attached hydrogens (tertiary/aromatic N) is 4. The predicted molar refractivity (Wildman–Crippen MR) is 138 cm³/mol. The fourth-order valence-corrected chi connectivity index (χ4v) is 4.62. The minimum Gasteiger partial charge on any atom is -0.457 e. The zero-order chi connectivity index (χ0) is 25.3. The van der Waals surface area contributed by atoms with Crippen molar-refractivity contribution in [2.75, 3.05) is 13.1 Å². The summed E-state index contributed by atoms with van der Waals surface area (Å²) in [5, 5.41) is 0. The molecule has 1 fully saturated rings. The Morgan fingerprint density at radius 1 is 0.972 bits per heavy atom. The van der Waals surface area contributed by atoms with Crippen LogP contribution in [0.5, 0.6) is 11.5 Å². The van der Waals surface area contributed by atoms with Crippen LogP contribution in [0.1, 0.15) is 39.7 Å². The van der Waals surface area contributed by atoms with E-state index in [2.05, 4.69) is 4.98 Å². The average molecular weight is 487 g/mol. The molecule has 2 aromatic carbocycles. The molecule has 0 radical (unpaired) electrons. The molecule has 1 aliphatic heterocycles. The van der Waals surface area contributed by atoms with Gasteiger partial charge in [-0.25, -0.2) is 9.59 Å². The van der Waals surface area contributed by atoms with E-state index in [0.717, 1.165) is 29.8 Å². The van der Waals surface area contributed by atoms with Crippen molar-refractivity contribution in [1.82, 2.24) is 19.0 Å². The number of hydrogen-bond donors (Lipinski definition) is 0. The van der Waals surface area contributed by atoms with E-state index in [4.69, 9.17) is 9.47 Å². The molecule has 0 N–H and O–H groups in total. The molecule has 1 amide bonds. The fourth-order valence-electron chi connectivity index (χ4n) is 4.62. The molecular weight excluding hydrogens is 456 g/mol. The van der Waals surface area contributed by atoms with Gasteiger partial charge in [-0.1, -0.05) is 18.2 Å². The molecule has 4 aromatic rings. The molecule has 1 atom stereocenters. The van der Waals surface area contributed by atoms with Gasteiger partial charge in [0.15, 0.2) is 0 Å². The van der Waals surface area contributed by atoms with Crippen LogP contribution in [-0.2, 0) is 4.74 Å². The SMILES string of the molecule is CC(C)(C)OC(=O)N1CCCC(n2c(=O)n(-c3ccc(Oc4ccccc4)cc3)c3cnccc32)C1. The second-order valence-electron chi connectivity index (χ2n) is 9.98. The van der Waals surface area contributed by atoms with Crippen molar-refractivity contribution < 1.29 is 14.3 Å². The van der Waals surface area contributed by atoms with E-state index in [1.54, 1.807) is 26.4 Å². The molecule has 0 spiro atoms. The maximum Gasteiger partial charge on any atom is 0.410 e. The summed E-state index contributed by atoms with van der Waals surface area (Å²) in [6.07, 6.45) is 4.63. The first kappa shape index (κ1) is 23.7. The summed E-state index contributed by atoms with van der Waals surface area (Å²) in [6, 6.07) is 18.7. The van der Waals surface area contributed by atoms with E-state index >= 15 is 0 Å². The molecule has 1 aliphatic rings. The quantitative estimate of drug-likeness (QED) is 0.378. The Kier molecular flexibility index (Phi) is 6.26. The number of carbonyl (C=O) groups excluding carboxylic acids is 1. The molecule has 0 aliphatic carbocycles. The zero-order valence-corrected chi connectivity index (χ0v) is 20.8. The molecule has 3 heterocycles. The normalized spacial score (nSPS) is 16.2. The predicted octanol–water partition coefficient (Wildman–Crippen LogP) is 5.55. The van der Waals surface area contributed by atoms with Gasteiger partial charge in [0.25, 0.3) is 0 Å². The van der Waals surface area contributed by atoms with Gasteiger partial charge in [0.2, 0.25) is 0 Å². The van der Waals surface area contributed by atoms with Gasteiger partial charge in [0, 0.05) is 19.3 Å². The van der Waals surface area contributed by atoms with Gasteiger partial charge >= 0.3 is 11.8 Å². The van der Waals surface area contributed by atoms with Gasteiger partial charge < -0.3 is 14.4 Å². The number of imidazole rings is 1. The number of ether oxygens (including phenoxy) is 2. The molecule has 0 bridgehead atoms. The van der Waals surface area contributed by atoms with Crippen molar-refractivity contribution in [3.8, 4) is 17.2 Å².